The van der Waals surface area contributed by atoms with E-state index >= 15 is 0 Å². The zero-order valence-corrected chi connectivity index (χ0v) is 16.4. The van der Waals surface area contributed by atoms with E-state index in [2.05, 4.69) is 5.32 Å². The molecule has 0 unspecified atom stereocenters. The average molecular weight is 399 g/mol. The van der Waals surface area contributed by atoms with Gasteiger partial charge in [-0.15, -0.1) is 11.3 Å². The molecule has 0 aliphatic carbocycles. The highest BCUT2D eigenvalue weighted by Crippen LogP contribution is 2.26. The number of benzene rings is 1. The number of rotatable bonds is 7. The first-order valence-electron chi connectivity index (χ1n) is 8.93. The molecule has 5 amide bonds. The molecule has 3 rings (SSSR count). The van der Waals surface area contributed by atoms with Gasteiger partial charge in [0.2, 0.25) is 5.91 Å². The third-order valence-corrected chi connectivity index (χ3v) is 5.19. The number of hydrogen-bond acceptors (Lipinski definition) is 5. The van der Waals surface area contributed by atoms with Gasteiger partial charge in [-0.05, 0) is 22.9 Å². The maximum Gasteiger partial charge on any atom is 0.334 e. The number of imide groups is 2. The minimum Gasteiger partial charge on any atom is -0.343 e. The summed E-state index contributed by atoms with van der Waals surface area (Å²) in [5.74, 6) is -2.34. The van der Waals surface area contributed by atoms with Gasteiger partial charge < -0.3 is 5.32 Å². The molecule has 28 heavy (non-hydrogen) atoms. The Balaban J connectivity index is 1.74. The number of carbonyl (C=O) groups excluding carboxylic acids is 4. The standard InChI is InChI=1S/C20H21N3O4S/c1-13(2)11-22-18(25)19(26)23(20(22)27)12-16(24)21-17(15-9-6-10-28-15)14-7-4-3-5-8-14/h3-10,13,17H,11-12H2,1-2H3,(H,21,24)/t17-/m1/s1. The first-order chi connectivity index (χ1) is 13.4. The molecule has 2 heterocycles. The van der Waals surface area contributed by atoms with Gasteiger partial charge >= 0.3 is 17.8 Å². The summed E-state index contributed by atoms with van der Waals surface area (Å²) in [4.78, 5) is 51.8. The highest BCUT2D eigenvalue weighted by molar-refractivity contribution is 7.10. The van der Waals surface area contributed by atoms with Crippen LogP contribution >= 0.6 is 11.3 Å². The molecule has 146 valence electrons. The molecule has 2 aromatic rings. The maximum atomic E-state index is 12.6. The Morgan fingerprint density at radius 3 is 2.29 bits per heavy atom. The van der Waals surface area contributed by atoms with Gasteiger partial charge in [0.25, 0.3) is 0 Å². The Hall–Kier alpha value is -3.00. The second-order valence-corrected chi connectivity index (χ2v) is 7.89. The van der Waals surface area contributed by atoms with Gasteiger partial charge in [-0.25, -0.2) is 9.69 Å². The maximum absolute atomic E-state index is 12.6. The van der Waals surface area contributed by atoms with Gasteiger partial charge in [-0.3, -0.25) is 19.3 Å². The highest BCUT2D eigenvalue weighted by atomic mass is 32.1. The summed E-state index contributed by atoms with van der Waals surface area (Å²) < 4.78 is 0. The van der Waals surface area contributed by atoms with Crippen LogP contribution in [0.3, 0.4) is 0 Å². The van der Waals surface area contributed by atoms with E-state index in [4.69, 9.17) is 0 Å². The van der Waals surface area contributed by atoms with Gasteiger partial charge in [-0.2, -0.15) is 0 Å². The van der Waals surface area contributed by atoms with Crippen molar-refractivity contribution >= 4 is 35.1 Å². The van der Waals surface area contributed by atoms with Crippen molar-refractivity contribution in [3.05, 3.63) is 58.3 Å². The van der Waals surface area contributed by atoms with Crippen molar-refractivity contribution in [1.82, 2.24) is 15.1 Å². The van der Waals surface area contributed by atoms with Crippen LogP contribution in [0.25, 0.3) is 0 Å². The molecule has 7 nitrogen and oxygen atoms in total. The van der Waals surface area contributed by atoms with E-state index in [-0.39, 0.29) is 12.5 Å². The van der Waals surface area contributed by atoms with Crippen LogP contribution in [0, 0.1) is 5.92 Å². The molecule has 1 aliphatic rings. The van der Waals surface area contributed by atoms with Crippen molar-refractivity contribution in [2.24, 2.45) is 5.92 Å². The smallest absolute Gasteiger partial charge is 0.334 e. The topological polar surface area (TPSA) is 86.8 Å². The predicted molar refractivity (Wildman–Crippen MR) is 104 cm³/mol. The Bertz CT molecular complexity index is 880. The molecule has 0 radical (unpaired) electrons. The monoisotopic (exact) mass is 399 g/mol. The van der Waals surface area contributed by atoms with Crippen molar-refractivity contribution in [3.63, 3.8) is 0 Å². The molecule has 1 N–H and O–H groups in total. The largest absolute Gasteiger partial charge is 0.343 e. The Morgan fingerprint density at radius 2 is 1.68 bits per heavy atom. The zero-order chi connectivity index (χ0) is 20.3. The average Bonchev–Trinajstić information content (AvgIpc) is 3.27. The van der Waals surface area contributed by atoms with E-state index in [9.17, 15) is 19.2 Å². The molecule has 1 aromatic heterocycles. The third-order valence-electron chi connectivity index (χ3n) is 4.25. The molecule has 1 aromatic carbocycles. The Morgan fingerprint density at radius 1 is 1.00 bits per heavy atom. The molecule has 0 bridgehead atoms. The van der Waals surface area contributed by atoms with Crippen molar-refractivity contribution in [3.8, 4) is 0 Å². The molecule has 0 saturated carbocycles. The van der Waals surface area contributed by atoms with Crippen molar-refractivity contribution in [2.45, 2.75) is 19.9 Å². The lowest BCUT2D eigenvalue weighted by Crippen LogP contribution is -2.42. The first-order valence-corrected chi connectivity index (χ1v) is 9.81. The van der Waals surface area contributed by atoms with Crippen LogP contribution in [-0.4, -0.2) is 46.6 Å². The molecule has 0 spiro atoms. The Kier molecular flexibility index (Phi) is 5.89. The molecule has 1 atom stereocenters. The van der Waals surface area contributed by atoms with Crippen molar-refractivity contribution in [2.75, 3.05) is 13.1 Å². The third kappa shape index (κ3) is 4.12. The second kappa shape index (κ2) is 8.35. The molecule has 1 fully saturated rings. The van der Waals surface area contributed by atoms with E-state index < -0.39 is 36.3 Å². The van der Waals surface area contributed by atoms with E-state index in [1.54, 1.807) is 0 Å². The van der Waals surface area contributed by atoms with Crippen LogP contribution < -0.4 is 5.32 Å². The van der Waals surface area contributed by atoms with Gasteiger partial charge in [-0.1, -0.05) is 50.2 Å². The van der Waals surface area contributed by atoms with Crippen molar-refractivity contribution in [1.29, 1.82) is 0 Å². The summed E-state index contributed by atoms with van der Waals surface area (Å²) in [6, 6.07) is 12.1. The van der Waals surface area contributed by atoms with E-state index in [1.807, 2.05) is 61.7 Å². The fourth-order valence-electron chi connectivity index (χ4n) is 2.99. The summed E-state index contributed by atoms with van der Waals surface area (Å²) in [7, 11) is 0. The van der Waals surface area contributed by atoms with Crippen LogP contribution in [0.2, 0.25) is 0 Å². The SMILES string of the molecule is CC(C)CN1C(=O)C(=O)N(CC(=O)N[C@H](c2ccccc2)c2cccs2)C1=O. The molecule has 1 aliphatic heterocycles. The van der Waals surface area contributed by atoms with Crippen LogP contribution in [0.15, 0.2) is 47.8 Å². The minimum absolute atomic E-state index is 0.0239. The van der Waals surface area contributed by atoms with E-state index in [0.29, 0.717) is 4.90 Å². The lowest BCUT2D eigenvalue weighted by atomic mass is 10.1. The summed E-state index contributed by atoms with van der Waals surface area (Å²) in [6.07, 6.45) is 0. The van der Waals surface area contributed by atoms with E-state index in [0.717, 1.165) is 15.3 Å². The summed E-state index contributed by atoms with van der Waals surface area (Å²) in [5, 5.41) is 4.78. The van der Waals surface area contributed by atoms with Gasteiger partial charge in [0.1, 0.15) is 6.54 Å². The summed E-state index contributed by atoms with van der Waals surface area (Å²) in [6.45, 7) is 3.33. The second-order valence-electron chi connectivity index (χ2n) is 6.91. The van der Waals surface area contributed by atoms with Crippen LogP contribution in [0.5, 0.6) is 0 Å². The van der Waals surface area contributed by atoms with Gasteiger partial charge in [0.15, 0.2) is 0 Å². The highest BCUT2D eigenvalue weighted by Gasteiger charge is 2.45. The fourth-order valence-corrected chi connectivity index (χ4v) is 3.79. The number of urea groups is 1. The normalized spacial score (nSPS) is 15.5. The lowest BCUT2D eigenvalue weighted by Gasteiger charge is -2.20. The number of nitrogens with zero attached hydrogens (tertiary/aromatic N) is 2. The van der Waals surface area contributed by atoms with Crippen molar-refractivity contribution < 1.29 is 19.2 Å². The Labute approximate surface area is 166 Å². The number of thiophene rings is 1. The quantitative estimate of drug-likeness (QED) is 0.572. The van der Waals surface area contributed by atoms with Crippen LogP contribution in [-0.2, 0) is 14.4 Å². The molecule has 1 saturated heterocycles. The predicted octanol–water partition coefficient (Wildman–Crippen LogP) is 2.40. The summed E-state index contributed by atoms with van der Waals surface area (Å²) in [5.41, 5.74) is 0.884. The lowest BCUT2D eigenvalue weighted by molar-refractivity contribution is -0.144. The summed E-state index contributed by atoms with van der Waals surface area (Å²) >= 11 is 1.49. The zero-order valence-electron chi connectivity index (χ0n) is 15.6. The van der Waals surface area contributed by atoms with Crippen LogP contribution in [0.4, 0.5) is 4.79 Å². The number of carbonyl (C=O) groups is 4. The number of hydrogen-bond donors (Lipinski definition) is 1. The van der Waals surface area contributed by atoms with Crippen LogP contribution in [0.1, 0.15) is 30.3 Å². The molecular formula is C20H21N3O4S. The van der Waals surface area contributed by atoms with Gasteiger partial charge in [0, 0.05) is 11.4 Å². The van der Waals surface area contributed by atoms with Gasteiger partial charge in [0.05, 0.1) is 6.04 Å². The minimum atomic E-state index is -0.965. The number of nitrogens with one attached hydrogen (secondary N) is 1. The van der Waals surface area contributed by atoms with E-state index in [1.165, 1.54) is 11.3 Å². The first kappa shape index (κ1) is 19.8. The fraction of sp³-hybridized carbons (Fsp3) is 0.300. The number of amides is 5. The molecular weight excluding hydrogens is 378 g/mol. The molecule has 8 heteroatoms.